The van der Waals surface area contributed by atoms with Crippen LogP contribution in [0.5, 0.6) is 5.75 Å². The normalized spacial score (nSPS) is 11.0. The van der Waals surface area contributed by atoms with Gasteiger partial charge < -0.3 is 15.3 Å². The van der Waals surface area contributed by atoms with Crippen LogP contribution in [-0.2, 0) is 10.2 Å². The summed E-state index contributed by atoms with van der Waals surface area (Å²) in [5.41, 5.74) is -0.754. The molecule has 1 aromatic rings. The van der Waals surface area contributed by atoms with E-state index in [1.165, 1.54) is 26.0 Å². The predicted octanol–water partition coefficient (Wildman–Crippen LogP) is -0.225. The molecule has 4 nitrogen and oxygen atoms in total. The van der Waals surface area contributed by atoms with E-state index in [9.17, 15) is 18.0 Å². The van der Waals surface area contributed by atoms with Crippen molar-refractivity contribution >= 4 is 5.97 Å². The Balaban J connectivity index is 0. The first-order valence-corrected chi connectivity index (χ1v) is 4.72. The Morgan fingerprint density at radius 1 is 1.16 bits per heavy atom. The molecular formula is C11H12F3NaO4. The van der Waals surface area contributed by atoms with E-state index in [-0.39, 0.29) is 40.8 Å². The summed E-state index contributed by atoms with van der Waals surface area (Å²) in [5.74, 6) is -1.43. The summed E-state index contributed by atoms with van der Waals surface area (Å²) in [6, 6.07) is 4.78. The Bertz CT molecular complexity index is 415. The summed E-state index contributed by atoms with van der Waals surface area (Å²) in [4.78, 5) is 10.9. The molecule has 1 aromatic carbocycles. The van der Waals surface area contributed by atoms with Crippen molar-refractivity contribution in [3.8, 4) is 5.75 Å². The number of aliphatic carboxylic acids is 1. The molecule has 0 atom stereocenters. The van der Waals surface area contributed by atoms with E-state index in [4.69, 9.17) is 5.11 Å². The molecule has 0 saturated carbocycles. The summed E-state index contributed by atoms with van der Waals surface area (Å²) in [5, 5.41) is 8.94. The van der Waals surface area contributed by atoms with E-state index in [0.717, 1.165) is 12.1 Å². The molecule has 0 spiro atoms. The van der Waals surface area contributed by atoms with Gasteiger partial charge in [0.15, 0.2) is 0 Å². The SMILES string of the molecule is CC(C)(C(=O)O)c1ccc(OC(F)(F)F)cc1.[Na+].[OH-]. The first kappa shape index (κ1) is 20.6. The molecule has 0 unspecified atom stereocenters. The molecule has 0 aliphatic heterocycles. The fraction of sp³-hybridized carbons (Fsp3) is 0.364. The zero-order valence-corrected chi connectivity index (χ0v) is 12.7. The average molecular weight is 288 g/mol. The van der Waals surface area contributed by atoms with Gasteiger partial charge in [-0.05, 0) is 31.5 Å². The summed E-state index contributed by atoms with van der Waals surface area (Å²) in [6.45, 7) is 2.93. The van der Waals surface area contributed by atoms with Gasteiger partial charge in [-0.3, -0.25) is 4.79 Å². The van der Waals surface area contributed by atoms with Crippen LogP contribution in [0, 0.1) is 0 Å². The molecule has 0 bridgehead atoms. The largest absolute Gasteiger partial charge is 1.00 e. The molecule has 0 radical (unpaired) electrons. The third kappa shape index (κ3) is 5.82. The molecule has 0 aliphatic carbocycles. The van der Waals surface area contributed by atoms with E-state index in [1.807, 2.05) is 0 Å². The Kier molecular flexibility index (Phi) is 7.72. The van der Waals surface area contributed by atoms with Crippen molar-refractivity contribution in [3.63, 3.8) is 0 Å². The number of halogens is 3. The van der Waals surface area contributed by atoms with Crippen molar-refractivity contribution in [1.82, 2.24) is 0 Å². The number of carboxylic acids is 1. The minimum atomic E-state index is -4.75. The molecule has 0 aromatic heterocycles. The number of hydrogen-bond acceptors (Lipinski definition) is 3. The Morgan fingerprint density at radius 3 is 1.89 bits per heavy atom. The van der Waals surface area contributed by atoms with Crippen LogP contribution in [0.15, 0.2) is 24.3 Å². The van der Waals surface area contributed by atoms with Crippen LogP contribution in [0.1, 0.15) is 19.4 Å². The topological polar surface area (TPSA) is 76.5 Å². The van der Waals surface area contributed by atoms with Crippen molar-refractivity contribution in [3.05, 3.63) is 29.8 Å². The number of carbonyl (C=O) groups is 1. The second-order valence-electron chi connectivity index (χ2n) is 4.00. The molecule has 102 valence electrons. The fourth-order valence-corrected chi connectivity index (χ4v) is 1.20. The van der Waals surface area contributed by atoms with Gasteiger partial charge in [0.1, 0.15) is 5.75 Å². The minimum absolute atomic E-state index is 0. The van der Waals surface area contributed by atoms with E-state index in [0.29, 0.717) is 5.56 Å². The van der Waals surface area contributed by atoms with Crippen molar-refractivity contribution in [2.75, 3.05) is 0 Å². The van der Waals surface area contributed by atoms with Gasteiger partial charge in [0, 0.05) is 0 Å². The molecule has 19 heavy (non-hydrogen) atoms. The van der Waals surface area contributed by atoms with Crippen LogP contribution in [0.4, 0.5) is 13.2 Å². The monoisotopic (exact) mass is 288 g/mol. The first-order chi connectivity index (χ1) is 7.63. The molecular weight excluding hydrogens is 276 g/mol. The van der Waals surface area contributed by atoms with Crippen LogP contribution >= 0.6 is 0 Å². The Labute approximate surface area is 130 Å². The van der Waals surface area contributed by atoms with Crippen LogP contribution in [0.3, 0.4) is 0 Å². The number of benzene rings is 1. The van der Waals surface area contributed by atoms with E-state index >= 15 is 0 Å². The second-order valence-corrected chi connectivity index (χ2v) is 4.00. The summed E-state index contributed by atoms with van der Waals surface area (Å²) < 4.78 is 39.3. The van der Waals surface area contributed by atoms with E-state index in [2.05, 4.69) is 4.74 Å². The number of alkyl halides is 3. The Morgan fingerprint density at radius 2 is 1.58 bits per heavy atom. The van der Waals surface area contributed by atoms with Gasteiger partial charge >= 0.3 is 41.9 Å². The molecule has 0 fully saturated rings. The molecule has 0 heterocycles. The maximum absolute atomic E-state index is 11.9. The molecule has 1 rings (SSSR count). The minimum Gasteiger partial charge on any atom is -0.870 e. The maximum atomic E-state index is 11.9. The first-order valence-electron chi connectivity index (χ1n) is 4.72. The van der Waals surface area contributed by atoms with Gasteiger partial charge in [0.2, 0.25) is 0 Å². The predicted molar refractivity (Wildman–Crippen MR) is 55.7 cm³/mol. The quantitative estimate of drug-likeness (QED) is 0.780. The van der Waals surface area contributed by atoms with Gasteiger partial charge in [0.05, 0.1) is 5.41 Å². The van der Waals surface area contributed by atoms with Gasteiger partial charge in [0.25, 0.3) is 0 Å². The molecule has 8 heteroatoms. The van der Waals surface area contributed by atoms with Crippen LogP contribution in [0.2, 0.25) is 0 Å². The van der Waals surface area contributed by atoms with Gasteiger partial charge in [-0.2, -0.15) is 0 Å². The second kappa shape index (κ2) is 7.14. The van der Waals surface area contributed by atoms with Crippen LogP contribution in [0.25, 0.3) is 0 Å². The fourth-order valence-electron chi connectivity index (χ4n) is 1.20. The van der Waals surface area contributed by atoms with Crippen molar-refractivity contribution in [1.29, 1.82) is 0 Å². The summed E-state index contributed by atoms with van der Waals surface area (Å²) in [7, 11) is 0. The smallest absolute Gasteiger partial charge is 0.870 e. The average Bonchev–Trinajstić information content (AvgIpc) is 2.15. The zero-order chi connectivity index (χ0) is 13.3. The van der Waals surface area contributed by atoms with Crippen molar-refractivity contribution in [2.24, 2.45) is 0 Å². The van der Waals surface area contributed by atoms with E-state index < -0.39 is 17.7 Å². The molecule has 0 saturated heterocycles. The maximum Gasteiger partial charge on any atom is 1.00 e. The van der Waals surface area contributed by atoms with Gasteiger partial charge in [-0.25, -0.2) is 0 Å². The van der Waals surface area contributed by atoms with Crippen molar-refractivity contribution < 1.29 is 62.8 Å². The van der Waals surface area contributed by atoms with E-state index in [1.54, 1.807) is 0 Å². The number of hydrogen-bond donors (Lipinski definition) is 1. The number of carboxylic acid groups (broad SMARTS) is 1. The molecule has 0 aliphatic rings. The number of ether oxygens (including phenoxy) is 1. The standard InChI is InChI=1S/C11H11F3O3.Na.H2O/c1-10(2,9(15)16)7-3-5-8(6-4-7)17-11(12,13)14;;/h3-6H,1-2H3,(H,15,16);;1H2/q;+1;/p-1. The molecule has 2 N–H and O–H groups in total. The van der Waals surface area contributed by atoms with Crippen LogP contribution < -0.4 is 34.3 Å². The summed E-state index contributed by atoms with van der Waals surface area (Å²) in [6.07, 6.45) is -4.75. The van der Waals surface area contributed by atoms with Crippen LogP contribution in [-0.4, -0.2) is 22.9 Å². The third-order valence-corrected chi connectivity index (χ3v) is 2.34. The Hall–Kier alpha value is -0.760. The third-order valence-electron chi connectivity index (χ3n) is 2.34. The van der Waals surface area contributed by atoms with Gasteiger partial charge in [-0.15, -0.1) is 13.2 Å². The van der Waals surface area contributed by atoms with Gasteiger partial charge in [-0.1, -0.05) is 12.1 Å². The summed E-state index contributed by atoms with van der Waals surface area (Å²) >= 11 is 0. The van der Waals surface area contributed by atoms with Crippen molar-refractivity contribution in [2.45, 2.75) is 25.6 Å². The zero-order valence-electron chi connectivity index (χ0n) is 10.7. The number of rotatable bonds is 3. The molecule has 0 amide bonds.